The van der Waals surface area contributed by atoms with Crippen LogP contribution < -0.4 is 5.32 Å². The van der Waals surface area contributed by atoms with Gasteiger partial charge in [-0.05, 0) is 6.08 Å². The van der Waals surface area contributed by atoms with Crippen molar-refractivity contribution in [2.45, 2.75) is 0 Å². The van der Waals surface area contributed by atoms with Crippen molar-refractivity contribution in [1.29, 1.82) is 0 Å². The maximum Gasteiger partial charge on any atom is 0.144 e. The summed E-state index contributed by atoms with van der Waals surface area (Å²) in [5.74, 6) is 0.560. The molecule has 0 unspecified atom stereocenters. The number of rotatable bonds is 3. The maximum atomic E-state index is 9.53. The lowest BCUT2D eigenvalue weighted by atomic mass is 10.7. The number of hydrogen-bond acceptors (Lipinski definition) is 3. The van der Waals surface area contributed by atoms with Gasteiger partial charge in [0.05, 0.1) is 5.88 Å². The van der Waals surface area contributed by atoms with Gasteiger partial charge in [0.1, 0.15) is 6.29 Å². The van der Waals surface area contributed by atoms with E-state index in [1.54, 1.807) is 6.20 Å². The second-order valence-electron chi connectivity index (χ2n) is 0.857. The van der Waals surface area contributed by atoms with Gasteiger partial charge >= 0.3 is 0 Å². The van der Waals surface area contributed by atoms with Crippen molar-refractivity contribution < 1.29 is 4.79 Å². The lowest BCUT2D eigenvalue weighted by Gasteiger charge is -1.84. The lowest BCUT2D eigenvalue weighted by molar-refractivity contribution is -0.104. The van der Waals surface area contributed by atoms with Gasteiger partial charge in [-0.3, -0.25) is 4.79 Å². The smallest absolute Gasteiger partial charge is 0.144 e. The molecule has 0 radical (unpaired) electrons. The van der Waals surface area contributed by atoms with Crippen LogP contribution in [-0.4, -0.2) is 12.2 Å². The number of carbonyl (C=O) groups is 1. The summed E-state index contributed by atoms with van der Waals surface area (Å²) in [5.41, 5.74) is 0. The molecule has 0 aromatic rings. The van der Waals surface area contributed by atoms with Crippen molar-refractivity contribution in [2.75, 3.05) is 5.88 Å². The first kappa shape index (κ1) is 6.56. The Hall–Kier alpha value is -0.440. The Morgan fingerprint density at radius 2 is 2.43 bits per heavy atom. The van der Waals surface area contributed by atoms with E-state index < -0.39 is 0 Å². The van der Waals surface area contributed by atoms with Gasteiger partial charge in [-0.2, -0.15) is 12.6 Å². The van der Waals surface area contributed by atoms with Crippen molar-refractivity contribution in [3.63, 3.8) is 0 Å². The molecule has 0 fully saturated rings. The highest BCUT2D eigenvalue weighted by Gasteiger charge is 1.62. The Labute approximate surface area is 48.0 Å². The highest BCUT2D eigenvalue weighted by atomic mass is 32.1. The van der Waals surface area contributed by atoms with E-state index in [4.69, 9.17) is 0 Å². The largest absolute Gasteiger partial charge is 0.382 e. The molecular formula is C4H7NOS. The van der Waals surface area contributed by atoms with E-state index in [0.717, 1.165) is 0 Å². The van der Waals surface area contributed by atoms with Gasteiger partial charge in [0, 0.05) is 6.20 Å². The summed E-state index contributed by atoms with van der Waals surface area (Å²) in [4.78, 5) is 9.53. The molecule has 0 amide bonds. The topological polar surface area (TPSA) is 29.1 Å². The summed E-state index contributed by atoms with van der Waals surface area (Å²) in [6, 6.07) is 0. The molecule has 0 bridgehead atoms. The zero-order valence-corrected chi connectivity index (χ0v) is 4.69. The Kier molecular flexibility index (Phi) is 5.21. The Bertz CT molecular complexity index is 72.1. The standard InChI is InChI=1S/C4H7NOS/c6-3-1-2-5-4-7/h1-3,5,7H,4H2/b2-1+. The number of thiol groups is 1. The molecule has 0 rings (SSSR count). The number of nitrogens with one attached hydrogen (secondary N) is 1. The average molecular weight is 117 g/mol. The molecule has 2 nitrogen and oxygen atoms in total. The summed E-state index contributed by atoms with van der Waals surface area (Å²) < 4.78 is 0. The molecule has 0 aromatic heterocycles. The molecule has 1 N–H and O–H groups in total. The van der Waals surface area contributed by atoms with Crippen molar-refractivity contribution in [1.82, 2.24) is 5.32 Å². The van der Waals surface area contributed by atoms with E-state index in [2.05, 4.69) is 17.9 Å². The minimum absolute atomic E-state index is 0.560. The molecule has 7 heavy (non-hydrogen) atoms. The van der Waals surface area contributed by atoms with E-state index in [1.165, 1.54) is 6.08 Å². The number of aldehydes is 1. The van der Waals surface area contributed by atoms with Crippen molar-refractivity contribution in [3.05, 3.63) is 12.3 Å². The summed E-state index contributed by atoms with van der Waals surface area (Å²) in [6.45, 7) is 0. The van der Waals surface area contributed by atoms with Gasteiger partial charge in [0.2, 0.25) is 0 Å². The zero-order chi connectivity index (χ0) is 5.54. The predicted octanol–water partition coefficient (Wildman–Crippen LogP) is 0.176. The summed E-state index contributed by atoms with van der Waals surface area (Å²) in [6.07, 6.45) is 3.62. The summed E-state index contributed by atoms with van der Waals surface area (Å²) >= 11 is 3.82. The van der Waals surface area contributed by atoms with Gasteiger partial charge < -0.3 is 5.32 Å². The first-order chi connectivity index (χ1) is 3.41. The van der Waals surface area contributed by atoms with Crippen LogP contribution in [0.4, 0.5) is 0 Å². The molecule has 0 heterocycles. The van der Waals surface area contributed by atoms with Crippen LogP contribution in [0.15, 0.2) is 12.3 Å². The highest BCUT2D eigenvalue weighted by Crippen LogP contribution is 1.63. The Morgan fingerprint density at radius 3 is 2.86 bits per heavy atom. The van der Waals surface area contributed by atoms with E-state index in [0.29, 0.717) is 12.2 Å². The maximum absolute atomic E-state index is 9.53. The van der Waals surface area contributed by atoms with Gasteiger partial charge in [-0.25, -0.2) is 0 Å². The minimum Gasteiger partial charge on any atom is -0.382 e. The highest BCUT2D eigenvalue weighted by molar-refractivity contribution is 7.80. The van der Waals surface area contributed by atoms with Crippen LogP contribution >= 0.6 is 12.6 Å². The molecule has 0 saturated heterocycles. The zero-order valence-electron chi connectivity index (χ0n) is 3.79. The second kappa shape index (κ2) is 5.56. The predicted molar refractivity (Wildman–Crippen MR) is 32.2 cm³/mol. The third kappa shape index (κ3) is 5.56. The quantitative estimate of drug-likeness (QED) is 0.239. The second-order valence-corrected chi connectivity index (χ2v) is 1.17. The number of carbonyl (C=O) groups excluding carboxylic acids is 1. The molecule has 0 aliphatic heterocycles. The van der Waals surface area contributed by atoms with Crippen LogP contribution in [0.5, 0.6) is 0 Å². The monoisotopic (exact) mass is 117 g/mol. The van der Waals surface area contributed by atoms with E-state index in [-0.39, 0.29) is 0 Å². The Balaban J connectivity index is 2.92. The fourth-order valence-electron chi connectivity index (χ4n) is 0.160. The summed E-state index contributed by atoms with van der Waals surface area (Å²) in [7, 11) is 0. The van der Waals surface area contributed by atoms with Gasteiger partial charge in [-0.15, -0.1) is 0 Å². The fourth-order valence-corrected chi connectivity index (χ4v) is 0.265. The molecule has 0 saturated carbocycles. The molecule has 0 aliphatic carbocycles. The van der Waals surface area contributed by atoms with Crippen LogP contribution in [0, 0.1) is 0 Å². The minimum atomic E-state index is 0.560. The molecular weight excluding hydrogens is 110 g/mol. The third-order valence-electron chi connectivity index (χ3n) is 0.384. The van der Waals surface area contributed by atoms with Crippen LogP contribution in [0.3, 0.4) is 0 Å². The SMILES string of the molecule is O=C/C=C/NCS. The third-order valence-corrected chi connectivity index (χ3v) is 0.567. The van der Waals surface area contributed by atoms with Crippen molar-refractivity contribution in [3.8, 4) is 0 Å². The van der Waals surface area contributed by atoms with E-state index in [9.17, 15) is 4.79 Å². The first-order valence-electron chi connectivity index (χ1n) is 1.86. The molecule has 0 atom stereocenters. The normalized spacial score (nSPS) is 9.29. The van der Waals surface area contributed by atoms with Crippen LogP contribution in [0.25, 0.3) is 0 Å². The van der Waals surface area contributed by atoms with Crippen LogP contribution in [0.1, 0.15) is 0 Å². The van der Waals surface area contributed by atoms with Gasteiger partial charge in [-0.1, -0.05) is 0 Å². The molecule has 0 spiro atoms. The Morgan fingerprint density at radius 1 is 1.71 bits per heavy atom. The van der Waals surface area contributed by atoms with Crippen molar-refractivity contribution >= 4 is 18.9 Å². The van der Waals surface area contributed by atoms with Crippen molar-refractivity contribution in [2.24, 2.45) is 0 Å². The number of hydrogen-bond donors (Lipinski definition) is 2. The van der Waals surface area contributed by atoms with E-state index >= 15 is 0 Å². The van der Waals surface area contributed by atoms with Gasteiger partial charge in [0.15, 0.2) is 0 Å². The van der Waals surface area contributed by atoms with E-state index in [1.807, 2.05) is 0 Å². The number of allylic oxidation sites excluding steroid dienone is 1. The molecule has 3 heteroatoms. The lowest BCUT2D eigenvalue weighted by Crippen LogP contribution is -1.98. The average Bonchev–Trinajstić information content (AvgIpc) is 1.69. The molecule has 0 aliphatic rings. The fraction of sp³-hybridized carbons (Fsp3) is 0.250. The molecule has 0 aromatic carbocycles. The summed E-state index contributed by atoms with van der Waals surface area (Å²) in [5, 5.41) is 2.70. The van der Waals surface area contributed by atoms with Gasteiger partial charge in [0.25, 0.3) is 0 Å². The first-order valence-corrected chi connectivity index (χ1v) is 2.49. The molecule has 40 valence electrons. The van der Waals surface area contributed by atoms with Crippen LogP contribution in [0.2, 0.25) is 0 Å². The van der Waals surface area contributed by atoms with Crippen LogP contribution in [-0.2, 0) is 4.79 Å².